The number of nitrogens with zero attached hydrogens (tertiary/aromatic N) is 3. The topological polar surface area (TPSA) is 96.0 Å². The summed E-state index contributed by atoms with van der Waals surface area (Å²) < 4.78 is 5.80. The molecule has 0 fully saturated rings. The first-order valence-electron chi connectivity index (χ1n) is 6.56. The second-order valence-corrected chi connectivity index (χ2v) is 4.42. The standard InChI is InChI=1S/C14H15N5O2/c1-15-14-18-12-11(16-8-17-12)13(19-14)21-10-4-2-9(3-5-10)6-7-20/h2-5,8,20H,6-7H2,1H3,(H2,15,16,17,18,19). The summed E-state index contributed by atoms with van der Waals surface area (Å²) in [6, 6.07) is 7.51. The van der Waals surface area contributed by atoms with Gasteiger partial charge in [-0.1, -0.05) is 12.1 Å². The van der Waals surface area contributed by atoms with Crippen molar-refractivity contribution in [2.24, 2.45) is 0 Å². The lowest BCUT2D eigenvalue weighted by Crippen LogP contribution is -1.99. The van der Waals surface area contributed by atoms with Crippen molar-refractivity contribution in [1.29, 1.82) is 0 Å². The van der Waals surface area contributed by atoms with Crippen molar-refractivity contribution in [3.8, 4) is 11.6 Å². The normalized spacial score (nSPS) is 10.8. The van der Waals surface area contributed by atoms with Crippen molar-refractivity contribution in [2.45, 2.75) is 6.42 Å². The van der Waals surface area contributed by atoms with Crippen LogP contribution in [-0.4, -0.2) is 38.7 Å². The molecule has 0 aliphatic rings. The predicted molar refractivity (Wildman–Crippen MR) is 78.5 cm³/mol. The van der Waals surface area contributed by atoms with Crippen molar-refractivity contribution in [3.63, 3.8) is 0 Å². The summed E-state index contributed by atoms with van der Waals surface area (Å²) in [5.74, 6) is 1.52. The van der Waals surface area contributed by atoms with Crippen LogP contribution in [0.2, 0.25) is 0 Å². The Hall–Kier alpha value is -2.67. The monoisotopic (exact) mass is 285 g/mol. The molecule has 108 valence electrons. The average Bonchev–Trinajstić information content (AvgIpc) is 2.98. The van der Waals surface area contributed by atoms with Crippen LogP contribution in [0.3, 0.4) is 0 Å². The molecule has 7 heteroatoms. The molecule has 0 spiro atoms. The number of aliphatic hydroxyl groups excluding tert-OH is 1. The van der Waals surface area contributed by atoms with Gasteiger partial charge >= 0.3 is 0 Å². The summed E-state index contributed by atoms with van der Waals surface area (Å²) in [4.78, 5) is 15.6. The van der Waals surface area contributed by atoms with E-state index in [9.17, 15) is 0 Å². The molecule has 3 N–H and O–H groups in total. The molecule has 3 aromatic rings. The smallest absolute Gasteiger partial charge is 0.250 e. The summed E-state index contributed by atoms with van der Waals surface area (Å²) in [7, 11) is 1.74. The molecule has 1 aromatic carbocycles. The zero-order valence-electron chi connectivity index (χ0n) is 11.5. The van der Waals surface area contributed by atoms with Crippen LogP contribution in [0.4, 0.5) is 5.95 Å². The maximum absolute atomic E-state index is 8.91. The number of aromatic amines is 1. The van der Waals surface area contributed by atoms with E-state index < -0.39 is 0 Å². The minimum atomic E-state index is 0.131. The predicted octanol–water partition coefficient (Wildman–Crippen LogP) is 1.72. The van der Waals surface area contributed by atoms with Gasteiger partial charge in [-0.2, -0.15) is 9.97 Å². The van der Waals surface area contributed by atoms with E-state index in [0.29, 0.717) is 35.2 Å². The Kier molecular flexibility index (Phi) is 3.65. The minimum Gasteiger partial charge on any atom is -0.437 e. The largest absolute Gasteiger partial charge is 0.437 e. The molecule has 0 saturated heterocycles. The molecule has 0 radical (unpaired) electrons. The highest BCUT2D eigenvalue weighted by Crippen LogP contribution is 2.26. The Morgan fingerprint density at radius 3 is 2.76 bits per heavy atom. The lowest BCUT2D eigenvalue weighted by Gasteiger charge is -2.07. The number of nitrogens with one attached hydrogen (secondary N) is 2. The molecule has 0 amide bonds. The first kappa shape index (κ1) is 13.3. The number of H-pyrrole nitrogens is 1. The zero-order chi connectivity index (χ0) is 14.7. The highest BCUT2D eigenvalue weighted by atomic mass is 16.5. The van der Waals surface area contributed by atoms with Gasteiger partial charge in [0.25, 0.3) is 5.88 Å². The molecule has 0 bridgehead atoms. The average molecular weight is 285 g/mol. The number of anilines is 1. The first-order valence-corrected chi connectivity index (χ1v) is 6.56. The van der Waals surface area contributed by atoms with E-state index in [1.54, 1.807) is 13.4 Å². The molecule has 0 aliphatic heterocycles. The fraction of sp³-hybridized carbons (Fsp3) is 0.214. The van der Waals surface area contributed by atoms with Crippen molar-refractivity contribution in [2.75, 3.05) is 19.0 Å². The van der Waals surface area contributed by atoms with Crippen LogP contribution in [0.5, 0.6) is 11.6 Å². The second kappa shape index (κ2) is 5.76. The minimum absolute atomic E-state index is 0.131. The summed E-state index contributed by atoms with van der Waals surface area (Å²) in [5, 5.41) is 11.8. The van der Waals surface area contributed by atoms with E-state index in [2.05, 4.69) is 25.3 Å². The number of ether oxygens (including phenoxy) is 1. The second-order valence-electron chi connectivity index (χ2n) is 4.42. The van der Waals surface area contributed by atoms with Crippen LogP contribution in [0.15, 0.2) is 30.6 Å². The Morgan fingerprint density at radius 2 is 2.05 bits per heavy atom. The maximum atomic E-state index is 8.91. The lowest BCUT2D eigenvalue weighted by molar-refractivity contribution is 0.299. The molecular formula is C14H15N5O2. The van der Waals surface area contributed by atoms with Gasteiger partial charge in [0.05, 0.1) is 6.33 Å². The van der Waals surface area contributed by atoms with E-state index in [1.165, 1.54) is 0 Å². The SMILES string of the molecule is CNc1nc(Oc2ccc(CCO)cc2)c2[nH]cnc2n1. The van der Waals surface area contributed by atoms with Crippen LogP contribution in [-0.2, 0) is 6.42 Å². The number of aromatic nitrogens is 4. The summed E-state index contributed by atoms with van der Waals surface area (Å²) in [6.45, 7) is 0.131. The molecule has 0 unspecified atom stereocenters. The van der Waals surface area contributed by atoms with Crippen LogP contribution < -0.4 is 10.1 Å². The van der Waals surface area contributed by atoms with Gasteiger partial charge in [0.15, 0.2) is 5.65 Å². The molecule has 7 nitrogen and oxygen atoms in total. The fourth-order valence-electron chi connectivity index (χ4n) is 1.96. The number of hydrogen-bond acceptors (Lipinski definition) is 6. The fourth-order valence-corrected chi connectivity index (χ4v) is 1.96. The van der Waals surface area contributed by atoms with Crippen LogP contribution in [0, 0.1) is 0 Å². The van der Waals surface area contributed by atoms with E-state index in [0.717, 1.165) is 5.56 Å². The van der Waals surface area contributed by atoms with Crippen molar-refractivity contribution in [1.82, 2.24) is 19.9 Å². The summed E-state index contributed by atoms with van der Waals surface area (Å²) in [6.07, 6.45) is 2.18. The molecule has 2 heterocycles. The number of rotatable bonds is 5. The number of benzene rings is 1. The lowest BCUT2D eigenvalue weighted by atomic mass is 10.1. The molecular weight excluding hydrogens is 270 g/mol. The quantitative estimate of drug-likeness (QED) is 0.660. The van der Waals surface area contributed by atoms with Crippen molar-refractivity contribution < 1.29 is 9.84 Å². The van der Waals surface area contributed by atoms with E-state index in [4.69, 9.17) is 9.84 Å². The number of aliphatic hydroxyl groups is 1. The Bertz CT molecular complexity index is 739. The molecule has 0 saturated carbocycles. The van der Waals surface area contributed by atoms with Gasteiger partial charge in [-0.25, -0.2) is 4.98 Å². The number of imidazole rings is 1. The van der Waals surface area contributed by atoms with Crippen LogP contribution in [0.1, 0.15) is 5.56 Å². The van der Waals surface area contributed by atoms with Crippen molar-refractivity contribution >= 4 is 17.1 Å². The van der Waals surface area contributed by atoms with E-state index in [-0.39, 0.29) is 6.61 Å². The van der Waals surface area contributed by atoms with Gasteiger partial charge in [0.1, 0.15) is 11.3 Å². The van der Waals surface area contributed by atoms with E-state index >= 15 is 0 Å². The van der Waals surface area contributed by atoms with Gasteiger partial charge in [0.2, 0.25) is 5.95 Å². The third kappa shape index (κ3) is 2.77. The molecule has 0 atom stereocenters. The van der Waals surface area contributed by atoms with Crippen molar-refractivity contribution in [3.05, 3.63) is 36.2 Å². The van der Waals surface area contributed by atoms with Gasteiger partial charge in [0, 0.05) is 13.7 Å². The maximum Gasteiger partial charge on any atom is 0.250 e. The van der Waals surface area contributed by atoms with Gasteiger partial charge in [-0.15, -0.1) is 0 Å². The molecule has 21 heavy (non-hydrogen) atoms. The van der Waals surface area contributed by atoms with Crippen LogP contribution >= 0.6 is 0 Å². The number of fused-ring (bicyclic) bond motifs is 1. The Morgan fingerprint density at radius 1 is 1.24 bits per heavy atom. The van der Waals surface area contributed by atoms with Crippen LogP contribution in [0.25, 0.3) is 11.2 Å². The molecule has 2 aromatic heterocycles. The third-order valence-corrected chi connectivity index (χ3v) is 3.01. The van der Waals surface area contributed by atoms with Gasteiger partial charge in [-0.05, 0) is 24.1 Å². The highest BCUT2D eigenvalue weighted by molar-refractivity contribution is 5.77. The van der Waals surface area contributed by atoms with Gasteiger partial charge < -0.3 is 20.1 Å². The number of hydrogen-bond donors (Lipinski definition) is 3. The van der Waals surface area contributed by atoms with E-state index in [1.807, 2.05) is 24.3 Å². The zero-order valence-corrected chi connectivity index (χ0v) is 11.5. The molecule has 0 aliphatic carbocycles. The Balaban J connectivity index is 1.91. The first-order chi connectivity index (χ1) is 10.3. The Labute approximate surface area is 121 Å². The van der Waals surface area contributed by atoms with Gasteiger partial charge in [-0.3, -0.25) is 0 Å². The molecule has 3 rings (SSSR count). The third-order valence-electron chi connectivity index (χ3n) is 3.01. The summed E-state index contributed by atoms with van der Waals surface area (Å²) in [5.41, 5.74) is 2.24. The summed E-state index contributed by atoms with van der Waals surface area (Å²) >= 11 is 0. The highest BCUT2D eigenvalue weighted by Gasteiger charge is 2.11.